The molecule has 1 aliphatic carbocycles. The molecule has 144 valence electrons. The summed E-state index contributed by atoms with van der Waals surface area (Å²) < 4.78 is 1.14. The molecule has 0 unspecified atom stereocenters. The molecule has 28 heavy (non-hydrogen) atoms. The average molecular weight is 392 g/mol. The molecule has 1 aromatic heterocycles. The van der Waals surface area contributed by atoms with Gasteiger partial charge in [0.2, 0.25) is 5.91 Å². The molecule has 2 aromatic carbocycles. The first-order valence-corrected chi connectivity index (χ1v) is 10.7. The number of nitrogens with one attached hydrogen (secondary N) is 1. The van der Waals surface area contributed by atoms with E-state index in [4.69, 9.17) is 0 Å². The number of phenols is 1. The second-order valence-corrected chi connectivity index (χ2v) is 8.62. The molecule has 2 N–H and O–H groups in total. The van der Waals surface area contributed by atoms with Gasteiger partial charge in [-0.2, -0.15) is 0 Å². The summed E-state index contributed by atoms with van der Waals surface area (Å²) in [6.07, 6.45) is 9.35. The Morgan fingerprint density at radius 3 is 2.75 bits per heavy atom. The Balaban J connectivity index is 1.52. The Morgan fingerprint density at radius 2 is 2.00 bits per heavy atom. The Bertz CT molecular complexity index is 987. The lowest BCUT2D eigenvalue weighted by Gasteiger charge is -2.24. The molecule has 3 aromatic rings. The third-order valence-electron chi connectivity index (χ3n) is 5.43. The van der Waals surface area contributed by atoms with Crippen molar-refractivity contribution in [1.29, 1.82) is 0 Å². The lowest BCUT2D eigenvalue weighted by atomic mass is 9.83. The number of hydrogen-bond acceptors (Lipinski definition) is 3. The summed E-state index contributed by atoms with van der Waals surface area (Å²) in [6, 6.07) is 15.7. The number of benzene rings is 2. The predicted octanol–water partition coefficient (Wildman–Crippen LogP) is 5.67. The van der Waals surface area contributed by atoms with E-state index in [0.29, 0.717) is 18.9 Å². The third-order valence-corrected chi connectivity index (χ3v) is 6.67. The normalized spacial score (nSPS) is 14.4. The maximum absolute atomic E-state index is 12.3. The van der Waals surface area contributed by atoms with Crippen LogP contribution in [0.5, 0.6) is 5.75 Å². The smallest absolute Gasteiger partial charge is 0.220 e. The van der Waals surface area contributed by atoms with Crippen LogP contribution in [0.15, 0.2) is 54.6 Å². The number of carbonyl (C=O) groups excluding carboxylic acids is 1. The van der Waals surface area contributed by atoms with E-state index in [-0.39, 0.29) is 11.7 Å². The van der Waals surface area contributed by atoms with Gasteiger partial charge in [0.05, 0.1) is 0 Å². The summed E-state index contributed by atoms with van der Waals surface area (Å²) in [5, 5.41) is 14.1. The monoisotopic (exact) mass is 391 g/mol. The molecule has 0 bridgehead atoms. The number of allylic oxidation sites excluding steroid dienone is 1. The largest absolute Gasteiger partial charge is 0.508 e. The Labute approximate surface area is 169 Å². The molecule has 1 saturated carbocycles. The highest BCUT2D eigenvalue weighted by Crippen LogP contribution is 2.34. The van der Waals surface area contributed by atoms with Gasteiger partial charge >= 0.3 is 0 Å². The molecule has 0 spiro atoms. The van der Waals surface area contributed by atoms with Crippen LogP contribution < -0.4 is 5.32 Å². The highest BCUT2D eigenvalue weighted by molar-refractivity contribution is 7.19. The minimum atomic E-state index is 0.134. The number of amides is 1. The molecule has 1 heterocycles. The summed E-state index contributed by atoms with van der Waals surface area (Å²) in [5.41, 5.74) is 2.30. The number of hydrogen-bond donors (Lipinski definition) is 2. The number of rotatable bonds is 7. The van der Waals surface area contributed by atoms with Crippen molar-refractivity contribution in [3.8, 4) is 5.75 Å². The number of fused-ring (bicyclic) bond motifs is 1. The summed E-state index contributed by atoms with van der Waals surface area (Å²) in [4.78, 5) is 13.5. The topological polar surface area (TPSA) is 49.3 Å². The quantitative estimate of drug-likeness (QED) is 0.545. The Hall–Kier alpha value is -2.59. The van der Waals surface area contributed by atoms with E-state index in [2.05, 4.69) is 29.6 Å². The molecular formula is C24H25NO2S. The first-order chi connectivity index (χ1) is 13.7. The van der Waals surface area contributed by atoms with Crippen LogP contribution in [0, 0.1) is 5.92 Å². The lowest BCUT2D eigenvalue weighted by molar-refractivity contribution is -0.122. The molecule has 4 rings (SSSR count). The van der Waals surface area contributed by atoms with Crippen molar-refractivity contribution in [2.24, 2.45) is 5.92 Å². The zero-order valence-corrected chi connectivity index (χ0v) is 16.7. The zero-order valence-electron chi connectivity index (χ0n) is 15.9. The molecule has 0 atom stereocenters. The first-order valence-electron chi connectivity index (χ1n) is 9.90. The fourth-order valence-corrected chi connectivity index (χ4v) is 4.81. The van der Waals surface area contributed by atoms with Crippen molar-refractivity contribution in [1.82, 2.24) is 5.32 Å². The molecule has 0 saturated heterocycles. The molecular weight excluding hydrogens is 366 g/mol. The van der Waals surface area contributed by atoms with E-state index in [1.807, 2.05) is 30.3 Å². The van der Waals surface area contributed by atoms with E-state index < -0.39 is 0 Å². The highest BCUT2D eigenvalue weighted by Gasteiger charge is 2.21. The molecule has 4 heteroatoms. The predicted molar refractivity (Wildman–Crippen MR) is 116 cm³/mol. The summed E-state index contributed by atoms with van der Waals surface area (Å²) in [5.74, 6) is 0.963. The number of thiophene rings is 1. The van der Waals surface area contributed by atoms with Gasteiger partial charge in [-0.3, -0.25) is 4.79 Å². The second kappa shape index (κ2) is 8.61. The number of carbonyl (C=O) groups is 1. The standard InChI is InChI=1S/C24H25NO2S/c26-19-12-13-23-20(15-19)21(16-25-24(27)14-18-9-4-10-18)22(28-23)11-5-8-17-6-2-1-3-7-17/h1-3,5-8,12-13,15,18,26H,4,9-11,14,16H2,(H,25,27). The van der Waals surface area contributed by atoms with Gasteiger partial charge in [-0.25, -0.2) is 0 Å². The molecule has 3 nitrogen and oxygen atoms in total. The Kier molecular flexibility index (Phi) is 5.77. The van der Waals surface area contributed by atoms with Crippen molar-refractivity contribution >= 4 is 33.4 Å². The van der Waals surface area contributed by atoms with Gasteiger partial charge < -0.3 is 10.4 Å². The maximum atomic E-state index is 12.3. The SMILES string of the molecule is O=C(CC1CCC1)NCc1c(CC=Cc2ccccc2)sc2ccc(O)cc12. The fraction of sp³-hybridized carbons (Fsp3) is 0.292. The van der Waals surface area contributed by atoms with Gasteiger partial charge in [0, 0.05) is 34.3 Å². The minimum absolute atomic E-state index is 0.134. The summed E-state index contributed by atoms with van der Waals surface area (Å²) in [6.45, 7) is 0.517. The molecule has 1 amide bonds. The van der Waals surface area contributed by atoms with Gasteiger partial charge in [-0.1, -0.05) is 48.9 Å². The maximum Gasteiger partial charge on any atom is 0.220 e. The fourth-order valence-electron chi connectivity index (χ4n) is 3.63. The third kappa shape index (κ3) is 4.45. The molecule has 1 aliphatic rings. The second-order valence-electron chi connectivity index (χ2n) is 7.48. The number of phenolic OH excluding ortho intramolecular Hbond substituents is 1. The Morgan fingerprint density at radius 1 is 1.18 bits per heavy atom. The van der Waals surface area contributed by atoms with Gasteiger partial charge in [0.25, 0.3) is 0 Å². The van der Waals surface area contributed by atoms with Crippen LogP contribution in [0.25, 0.3) is 16.2 Å². The van der Waals surface area contributed by atoms with Gasteiger partial charge in [-0.05, 0) is 48.1 Å². The molecule has 0 radical (unpaired) electrons. The van der Waals surface area contributed by atoms with Crippen molar-refractivity contribution in [3.63, 3.8) is 0 Å². The summed E-state index contributed by atoms with van der Waals surface area (Å²) in [7, 11) is 0. The lowest BCUT2D eigenvalue weighted by Crippen LogP contribution is -2.27. The van der Waals surface area contributed by atoms with E-state index in [1.54, 1.807) is 17.4 Å². The van der Waals surface area contributed by atoms with E-state index in [1.165, 1.54) is 29.7 Å². The van der Waals surface area contributed by atoms with Crippen molar-refractivity contribution in [3.05, 3.63) is 70.6 Å². The number of aromatic hydroxyl groups is 1. The zero-order chi connectivity index (χ0) is 19.3. The van der Waals surface area contributed by atoms with Crippen LogP contribution in [-0.2, 0) is 17.8 Å². The van der Waals surface area contributed by atoms with E-state index >= 15 is 0 Å². The van der Waals surface area contributed by atoms with Crippen LogP contribution in [0.1, 0.15) is 41.7 Å². The van der Waals surface area contributed by atoms with Crippen molar-refractivity contribution in [2.45, 2.75) is 38.6 Å². The van der Waals surface area contributed by atoms with Gasteiger partial charge in [-0.15, -0.1) is 11.3 Å². The van der Waals surface area contributed by atoms with Gasteiger partial charge in [0.1, 0.15) is 5.75 Å². The van der Waals surface area contributed by atoms with Crippen molar-refractivity contribution < 1.29 is 9.90 Å². The van der Waals surface area contributed by atoms with Crippen LogP contribution in [-0.4, -0.2) is 11.0 Å². The van der Waals surface area contributed by atoms with Crippen molar-refractivity contribution in [2.75, 3.05) is 0 Å². The molecule has 0 aliphatic heterocycles. The average Bonchev–Trinajstić information content (AvgIpc) is 3.00. The van der Waals surface area contributed by atoms with Gasteiger partial charge in [0.15, 0.2) is 0 Å². The van der Waals surface area contributed by atoms with Crippen LogP contribution >= 0.6 is 11.3 Å². The first kappa shape index (κ1) is 18.8. The highest BCUT2D eigenvalue weighted by atomic mass is 32.1. The summed E-state index contributed by atoms with van der Waals surface area (Å²) >= 11 is 1.74. The van der Waals surface area contributed by atoms with E-state index in [9.17, 15) is 9.90 Å². The molecule has 1 fully saturated rings. The van der Waals surface area contributed by atoms with Crippen LogP contribution in [0.3, 0.4) is 0 Å². The van der Waals surface area contributed by atoms with E-state index in [0.717, 1.165) is 22.1 Å². The minimum Gasteiger partial charge on any atom is -0.508 e. The van der Waals surface area contributed by atoms with Crippen LogP contribution in [0.4, 0.5) is 0 Å². The van der Waals surface area contributed by atoms with Crippen LogP contribution in [0.2, 0.25) is 0 Å².